The number of carbonyl (C=O) groups excluding carboxylic acids is 2. The lowest BCUT2D eigenvalue weighted by molar-refractivity contribution is -0.136. The quantitative estimate of drug-likeness (QED) is 0.810. The fraction of sp³-hybridized carbons (Fsp3) is 0.368. The van der Waals surface area contributed by atoms with E-state index >= 15 is 0 Å². The Kier molecular flexibility index (Phi) is 4.52. The number of carbonyl (C=O) groups is 2. The van der Waals surface area contributed by atoms with Crippen LogP contribution in [0.15, 0.2) is 41.8 Å². The van der Waals surface area contributed by atoms with Crippen LogP contribution < -0.4 is 4.90 Å². The summed E-state index contributed by atoms with van der Waals surface area (Å²) in [6, 6.07) is 11.6. The molecule has 0 spiro atoms. The third-order valence-corrected chi connectivity index (χ3v) is 6.32. The molecule has 6 heteroatoms. The second-order valence-electron chi connectivity index (χ2n) is 6.56. The van der Waals surface area contributed by atoms with Crippen molar-refractivity contribution in [3.8, 4) is 0 Å². The maximum Gasteiger partial charge on any atom is 0.228 e. The molecule has 4 nitrogen and oxygen atoms in total. The molecule has 0 aliphatic carbocycles. The van der Waals surface area contributed by atoms with E-state index in [0.29, 0.717) is 17.3 Å². The molecule has 0 radical (unpaired) electrons. The summed E-state index contributed by atoms with van der Waals surface area (Å²) < 4.78 is 0. The van der Waals surface area contributed by atoms with Crippen molar-refractivity contribution in [1.29, 1.82) is 0 Å². The van der Waals surface area contributed by atoms with E-state index in [1.165, 1.54) is 4.88 Å². The van der Waals surface area contributed by atoms with Crippen LogP contribution in [0.2, 0.25) is 5.02 Å². The molecule has 25 heavy (non-hydrogen) atoms. The number of halogens is 1. The Balaban J connectivity index is 1.52. The van der Waals surface area contributed by atoms with Crippen molar-refractivity contribution >= 4 is 40.4 Å². The number of anilines is 1. The van der Waals surface area contributed by atoms with Gasteiger partial charge in [-0.2, -0.15) is 0 Å². The summed E-state index contributed by atoms with van der Waals surface area (Å²) in [5.41, 5.74) is 0.695. The Bertz CT molecular complexity index is 792. The van der Waals surface area contributed by atoms with Crippen molar-refractivity contribution in [2.24, 2.45) is 5.92 Å². The number of likely N-dealkylation sites (tertiary alicyclic amines) is 1. The van der Waals surface area contributed by atoms with Gasteiger partial charge in [-0.3, -0.25) is 9.59 Å². The monoisotopic (exact) mass is 374 g/mol. The maximum absolute atomic E-state index is 13.1. The van der Waals surface area contributed by atoms with Crippen molar-refractivity contribution < 1.29 is 9.59 Å². The number of thiophene rings is 1. The lowest BCUT2D eigenvalue weighted by atomic mass is 10.1. The van der Waals surface area contributed by atoms with Gasteiger partial charge in [0.15, 0.2) is 0 Å². The third-order valence-electron chi connectivity index (χ3n) is 5.03. The SMILES string of the molecule is O=C1CC(C(=O)N2CCCC2c2cccs2)CN1c1ccccc1Cl. The zero-order valence-electron chi connectivity index (χ0n) is 13.7. The summed E-state index contributed by atoms with van der Waals surface area (Å²) in [6.07, 6.45) is 2.28. The molecule has 2 unspecified atom stereocenters. The molecule has 2 fully saturated rings. The molecule has 2 amide bonds. The molecule has 2 aliphatic heterocycles. The minimum Gasteiger partial charge on any atom is -0.335 e. The first-order valence-corrected chi connectivity index (χ1v) is 9.79. The van der Waals surface area contributed by atoms with E-state index in [0.717, 1.165) is 19.4 Å². The number of hydrogen-bond donors (Lipinski definition) is 0. The minimum atomic E-state index is -0.288. The van der Waals surface area contributed by atoms with Crippen molar-refractivity contribution in [1.82, 2.24) is 4.90 Å². The molecule has 0 N–H and O–H groups in total. The van der Waals surface area contributed by atoms with E-state index in [4.69, 9.17) is 11.6 Å². The molecule has 130 valence electrons. The largest absolute Gasteiger partial charge is 0.335 e. The molecule has 2 aliphatic rings. The second-order valence-corrected chi connectivity index (χ2v) is 7.95. The second kappa shape index (κ2) is 6.81. The fourth-order valence-corrected chi connectivity index (χ4v) is 4.93. The molecule has 3 heterocycles. The zero-order chi connectivity index (χ0) is 17.4. The van der Waals surface area contributed by atoms with Gasteiger partial charge in [0.1, 0.15) is 0 Å². The van der Waals surface area contributed by atoms with Gasteiger partial charge in [0.2, 0.25) is 11.8 Å². The smallest absolute Gasteiger partial charge is 0.228 e. The molecule has 4 rings (SSSR count). The van der Waals surface area contributed by atoms with Crippen molar-refractivity contribution in [2.45, 2.75) is 25.3 Å². The highest BCUT2D eigenvalue weighted by Gasteiger charge is 2.41. The molecule has 1 aromatic heterocycles. The maximum atomic E-state index is 13.1. The average molecular weight is 375 g/mol. The Labute approximate surface area is 156 Å². The van der Waals surface area contributed by atoms with Gasteiger partial charge in [-0.1, -0.05) is 29.8 Å². The van der Waals surface area contributed by atoms with Gasteiger partial charge in [0.25, 0.3) is 0 Å². The Hall–Kier alpha value is -1.85. The summed E-state index contributed by atoms with van der Waals surface area (Å²) in [7, 11) is 0. The van der Waals surface area contributed by atoms with Crippen LogP contribution in [0, 0.1) is 5.92 Å². The predicted molar refractivity (Wildman–Crippen MR) is 99.9 cm³/mol. The minimum absolute atomic E-state index is 0.0293. The molecular formula is C19H19ClN2O2S. The Morgan fingerprint density at radius 1 is 1.20 bits per heavy atom. The normalized spacial score (nSPS) is 23.5. The van der Waals surface area contributed by atoms with Gasteiger partial charge in [-0.05, 0) is 36.4 Å². The van der Waals surface area contributed by atoms with Crippen LogP contribution in [0.25, 0.3) is 0 Å². The zero-order valence-corrected chi connectivity index (χ0v) is 15.3. The number of benzene rings is 1. The van der Waals surface area contributed by atoms with Crippen LogP contribution in [-0.4, -0.2) is 29.8 Å². The topological polar surface area (TPSA) is 40.6 Å². The molecule has 2 aromatic rings. The number of nitrogens with zero attached hydrogens (tertiary/aromatic N) is 2. The van der Waals surface area contributed by atoms with Crippen molar-refractivity contribution in [2.75, 3.05) is 18.0 Å². The van der Waals surface area contributed by atoms with Gasteiger partial charge in [0.05, 0.1) is 22.7 Å². The summed E-state index contributed by atoms with van der Waals surface area (Å²) in [5.74, 6) is -0.221. The summed E-state index contributed by atoms with van der Waals surface area (Å²) in [4.78, 5) is 30.4. The summed E-state index contributed by atoms with van der Waals surface area (Å²) in [6.45, 7) is 1.19. The van der Waals surface area contributed by atoms with Crippen LogP contribution in [0.3, 0.4) is 0 Å². The highest BCUT2D eigenvalue weighted by atomic mass is 35.5. The third kappa shape index (κ3) is 3.07. The first kappa shape index (κ1) is 16.6. The van der Waals surface area contributed by atoms with Crippen LogP contribution in [0.5, 0.6) is 0 Å². The van der Waals surface area contributed by atoms with Gasteiger partial charge in [-0.25, -0.2) is 0 Å². The standard InChI is InChI=1S/C19H19ClN2O2S/c20-14-5-1-2-6-15(14)22-12-13(11-18(22)23)19(24)21-9-3-7-16(21)17-8-4-10-25-17/h1-2,4-6,8,10,13,16H,3,7,9,11-12H2. The molecule has 2 atom stereocenters. The number of rotatable bonds is 3. The van der Waals surface area contributed by atoms with E-state index in [1.807, 2.05) is 29.2 Å². The van der Waals surface area contributed by atoms with E-state index in [-0.39, 0.29) is 30.2 Å². The fourth-order valence-electron chi connectivity index (χ4n) is 3.82. The first-order valence-electron chi connectivity index (χ1n) is 8.54. The van der Waals surface area contributed by atoms with Gasteiger partial charge in [-0.15, -0.1) is 11.3 Å². The van der Waals surface area contributed by atoms with Crippen LogP contribution in [0.4, 0.5) is 5.69 Å². The van der Waals surface area contributed by atoms with Crippen molar-refractivity contribution in [3.63, 3.8) is 0 Å². The van der Waals surface area contributed by atoms with Crippen LogP contribution >= 0.6 is 22.9 Å². The van der Waals surface area contributed by atoms with E-state index in [1.54, 1.807) is 22.3 Å². The van der Waals surface area contributed by atoms with Gasteiger partial charge >= 0.3 is 0 Å². The molecule has 1 aromatic carbocycles. The summed E-state index contributed by atoms with van der Waals surface area (Å²) in [5, 5.41) is 2.59. The number of amides is 2. The van der Waals surface area contributed by atoms with Gasteiger partial charge in [0, 0.05) is 24.4 Å². The summed E-state index contributed by atoms with van der Waals surface area (Å²) >= 11 is 7.92. The first-order chi connectivity index (χ1) is 12.1. The van der Waals surface area contributed by atoms with E-state index in [9.17, 15) is 9.59 Å². The molecule has 0 saturated carbocycles. The predicted octanol–water partition coefficient (Wildman–Crippen LogP) is 4.12. The molecule has 2 saturated heterocycles. The Morgan fingerprint density at radius 3 is 2.80 bits per heavy atom. The lowest BCUT2D eigenvalue weighted by Gasteiger charge is -2.26. The van der Waals surface area contributed by atoms with Crippen molar-refractivity contribution in [3.05, 3.63) is 51.7 Å². The Morgan fingerprint density at radius 2 is 2.04 bits per heavy atom. The molecule has 0 bridgehead atoms. The number of para-hydroxylation sites is 1. The number of hydrogen-bond acceptors (Lipinski definition) is 3. The van der Waals surface area contributed by atoms with Crippen LogP contribution in [-0.2, 0) is 9.59 Å². The average Bonchev–Trinajstić information content (AvgIpc) is 3.35. The molecular weight excluding hydrogens is 356 g/mol. The highest BCUT2D eigenvalue weighted by Crippen LogP contribution is 2.38. The van der Waals surface area contributed by atoms with Crippen LogP contribution in [0.1, 0.15) is 30.2 Å². The van der Waals surface area contributed by atoms with E-state index < -0.39 is 0 Å². The van der Waals surface area contributed by atoms with E-state index in [2.05, 4.69) is 11.4 Å². The lowest BCUT2D eigenvalue weighted by Crippen LogP contribution is -2.36. The van der Waals surface area contributed by atoms with Gasteiger partial charge < -0.3 is 9.80 Å². The highest BCUT2D eigenvalue weighted by molar-refractivity contribution is 7.10.